The van der Waals surface area contributed by atoms with Gasteiger partial charge in [-0.1, -0.05) is 42.8 Å². The highest BCUT2D eigenvalue weighted by molar-refractivity contribution is 7.90. The summed E-state index contributed by atoms with van der Waals surface area (Å²) in [6.45, 7) is 3.43. The minimum atomic E-state index is -3.24. The van der Waals surface area contributed by atoms with Crippen molar-refractivity contribution >= 4 is 15.7 Å². The van der Waals surface area contributed by atoms with Gasteiger partial charge in [0, 0.05) is 17.6 Å². The number of hydrogen-bond donors (Lipinski definition) is 2. The first-order chi connectivity index (χ1) is 11.9. The van der Waals surface area contributed by atoms with E-state index in [0.29, 0.717) is 0 Å². The Morgan fingerprint density at radius 3 is 2.08 bits per heavy atom. The lowest BCUT2D eigenvalue weighted by Gasteiger charge is -2.23. The summed E-state index contributed by atoms with van der Waals surface area (Å²) in [5, 5.41) is -0.401. The number of anilines is 1. The average Bonchev–Trinajstić information content (AvgIpc) is 3.03. The van der Waals surface area contributed by atoms with E-state index in [2.05, 4.69) is 29.0 Å². The Labute approximate surface area is 150 Å². The molecule has 0 heterocycles. The molecule has 0 unspecified atom stereocenters. The molecular weight excluding hydrogens is 332 g/mol. The molecular formula is C20H26N2O2S. The zero-order valence-electron chi connectivity index (χ0n) is 14.8. The molecule has 3 N–H and O–H groups in total. The van der Waals surface area contributed by atoms with E-state index in [1.54, 1.807) is 13.8 Å². The average molecular weight is 359 g/mol. The number of nitrogens with one attached hydrogen (secondary N) is 1. The van der Waals surface area contributed by atoms with E-state index in [1.807, 2.05) is 24.3 Å². The Balaban J connectivity index is 1.78. The Kier molecular flexibility index (Phi) is 5.16. The van der Waals surface area contributed by atoms with Gasteiger partial charge >= 0.3 is 0 Å². The first-order valence-electron chi connectivity index (χ1n) is 8.84. The van der Waals surface area contributed by atoms with Crippen LogP contribution in [0.1, 0.15) is 44.6 Å². The number of nitrogens with two attached hydrogens (primary N) is 1. The summed E-state index contributed by atoms with van der Waals surface area (Å²) in [6.07, 6.45) is 2.97. The van der Waals surface area contributed by atoms with E-state index >= 15 is 0 Å². The van der Waals surface area contributed by atoms with E-state index in [4.69, 9.17) is 5.73 Å². The van der Waals surface area contributed by atoms with Crippen LogP contribution in [0, 0.1) is 0 Å². The third-order valence-electron chi connectivity index (χ3n) is 5.04. The maximum Gasteiger partial charge on any atom is 0.214 e. The predicted molar refractivity (Wildman–Crippen MR) is 104 cm³/mol. The van der Waals surface area contributed by atoms with Crippen molar-refractivity contribution in [2.24, 2.45) is 0 Å². The van der Waals surface area contributed by atoms with Crippen LogP contribution in [0.5, 0.6) is 0 Å². The molecule has 0 spiro atoms. The molecule has 0 aliphatic heterocycles. The van der Waals surface area contributed by atoms with Crippen molar-refractivity contribution in [1.29, 1.82) is 0 Å². The quantitative estimate of drug-likeness (QED) is 0.796. The fourth-order valence-electron chi connectivity index (χ4n) is 3.45. The van der Waals surface area contributed by atoms with Gasteiger partial charge in [-0.05, 0) is 55.5 Å². The van der Waals surface area contributed by atoms with E-state index < -0.39 is 15.3 Å². The van der Waals surface area contributed by atoms with Crippen molar-refractivity contribution in [1.82, 2.24) is 4.72 Å². The van der Waals surface area contributed by atoms with Crippen LogP contribution in [-0.4, -0.2) is 19.7 Å². The monoisotopic (exact) mass is 358 g/mol. The van der Waals surface area contributed by atoms with Crippen molar-refractivity contribution < 1.29 is 8.42 Å². The van der Waals surface area contributed by atoms with Crippen molar-refractivity contribution in [3.8, 4) is 11.1 Å². The number of hydrogen-bond acceptors (Lipinski definition) is 3. The summed E-state index contributed by atoms with van der Waals surface area (Å²) in [6, 6.07) is 16.3. The van der Waals surface area contributed by atoms with Gasteiger partial charge in [-0.25, -0.2) is 13.1 Å². The van der Waals surface area contributed by atoms with E-state index in [0.717, 1.165) is 36.1 Å². The molecule has 1 saturated carbocycles. The second kappa shape index (κ2) is 7.18. The lowest BCUT2D eigenvalue weighted by Crippen LogP contribution is -2.40. The van der Waals surface area contributed by atoms with Gasteiger partial charge in [0.15, 0.2) is 0 Å². The summed E-state index contributed by atoms with van der Waals surface area (Å²) >= 11 is 0. The van der Waals surface area contributed by atoms with Crippen LogP contribution in [0.25, 0.3) is 11.1 Å². The summed E-state index contributed by atoms with van der Waals surface area (Å²) in [4.78, 5) is 0. The zero-order chi connectivity index (χ0) is 18.0. The molecule has 5 heteroatoms. The Hall–Kier alpha value is -1.85. The molecule has 25 heavy (non-hydrogen) atoms. The van der Waals surface area contributed by atoms with Gasteiger partial charge in [0.1, 0.15) is 0 Å². The molecule has 0 aromatic heterocycles. The number of nitrogen functional groups attached to an aromatic ring is 1. The minimum Gasteiger partial charge on any atom is -0.399 e. The molecule has 0 bridgehead atoms. The first-order valence-corrected chi connectivity index (χ1v) is 10.4. The van der Waals surface area contributed by atoms with Crippen LogP contribution in [0.4, 0.5) is 5.69 Å². The van der Waals surface area contributed by atoms with Gasteiger partial charge in [-0.15, -0.1) is 0 Å². The van der Waals surface area contributed by atoms with Gasteiger partial charge < -0.3 is 5.73 Å². The molecule has 3 rings (SSSR count). The molecule has 0 amide bonds. The summed E-state index contributed by atoms with van der Waals surface area (Å²) in [5.74, 6) is 0.244. The number of sulfonamides is 1. The smallest absolute Gasteiger partial charge is 0.214 e. The Morgan fingerprint density at radius 2 is 1.52 bits per heavy atom. The predicted octanol–water partition coefficient (Wildman–Crippen LogP) is 3.90. The van der Waals surface area contributed by atoms with Gasteiger partial charge in [0.2, 0.25) is 10.0 Å². The molecule has 0 saturated heterocycles. The van der Waals surface area contributed by atoms with E-state index in [-0.39, 0.29) is 12.0 Å². The summed E-state index contributed by atoms with van der Waals surface area (Å²) < 4.78 is 27.3. The second-order valence-corrected chi connectivity index (χ2v) is 9.37. The Morgan fingerprint density at radius 1 is 0.960 bits per heavy atom. The van der Waals surface area contributed by atoms with Crippen molar-refractivity contribution in [3.05, 3.63) is 54.1 Å². The highest BCUT2D eigenvalue weighted by Gasteiger charge is 2.32. The molecule has 0 radical (unpaired) electrons. The Bertz CT molecular complexity index is 812. The van der Waals surface area contributed by atoms with Crippen LogP contribution in [-0.2, 0) is 10.0 Å². The largest absolute Gasteiger partial charge is 0.399 e. The summed E-state index contributed by atoms with van der Waals surface area (Å²) in [5.41, 5.74) is 9.97. The van der Waals surface area contributed by atoms with Gasteiger partial charge in [0.25, 0.3) is 0 Å². The lowest BCUT2D eigenvalue weighted by molar-refractivity contribution is 0.519. The van der Waals surface area contributed by atoms with Crippen molar-refractivity contribution in [2.45, 2.75) is 50.3 Å². The number of rotatable bonds is 5. The third kappa shape index (κ3) is 4.05. The normalized spacial score (nSPS) is 20.9. The van der Waals surface area contributed by atoms with Gasteiger partial charge in [0.05, 0.1) is 5.25 Å². The van der Waals surface area contributed by atoms with E-state index in [9.17, 15) is 8.42 Å². The maximum absolute atomic E-state index is 12.2. The van der Waals surface area contributed by atoms with Crippen molar-refractivity contribution in [2.75, 3.05) is 5.73 Å². The maximum atomic E-state index is 12.2. The summed E-state index contributed by atoms with van der Waals surface area (Å²) in [7, 11) is -3.24. The molecule has 1 fully saturated rings. The van der Waals surface area contributed by atoms with Crippen LogP contribution in [0.2, 0.25) is 0 Å². The highest BCUT2D eigenvalue weighted by atomic mass is 32.2. The topological polar surface area (TPSA) is 72.2 Å². The van der Waals surface area contributed by atoms with Crippen LogP contribution in [0.3, 0.4) is 0 Å². The minimum absolute atomic E-state index is 0.00484. The van der Waals surface area contributed by atoms with Crippen molar-refractivity contribution in [3.63, 3.8) is 0 Å². The van der Waals surface area contributed by atoms with Crippen LogP contribution in [0.15, 0.2) is 48.5 Å². The molecule has 1 aliphatic carbocycles. The highest BCUT2D eigenvalue weighted by Crippen LogP contribution is 2.36. The fraction of sp³-hybridized carbons (Fsp3) is 0.400. The SMILES string of the molecule is CC(C)S(=O)(=O)N[C@H]1CCC[C@@H]1c1ccc(-c2ccc(N)cc2)cc1. The molecule has 2 aromatic carbocycles. The fourth-order valence-corrected chi connectivity index (χ4v) is 4.42. The molecule has 134 valence electrons. The van der Waals surface area contributed by atoms with Gasteiger partial charge in [-0.2, -0.15) is 0 Å². The zero-order valence-corrected chi connectivity index (χ0v) is 15.6. The lowest BCUT2D eigenvalue weighted by atomic mass is 9.93. The van der Waals surface area contributed by atoms with E-state index in [1.165, 1.54) is 5.56 Å². The third-order valence-corrected chi connectivity index (χ3v) is 6.91. The molecule has 2 atom stereocenters. The van der Waals surface area contributed by atoms with Crippen LogP contribution >= 0.6 is 0 Å². The first kappa shape index (κ1) is 18.0. The molecule has 1 aliphatic rings. The molecule has 2 aromatic rings. The van der Waals surface area contributed by atoms with Gasteiger partial charge in [-0.3, -0.25) is 0 Å². The van der Waals surface area contributed by atoms with Crippen LogP contribution < -0.4 is 10.5 Å². The molecule has 4 nitrogen and oxygen atoms in total. The number of benzene rings is 2. The second-order valence-electron chi connectivity index (χ2n) is 7.10. The standard InChI is InChI=1S/C20H26N2O2S/c1-14(2)25(23,24)22-20-5-3-4-19(20)17-8-6-15(7-9-17)16-10-12-18(21)13-11-16/h6-14,19-20,22H,3-5,21H2,1-2H3/t19-,20+/m1/s1.